The molecular weight excluding hydrogens is 570 g/mol. The topological polar surface area (TPSA) is 98.4 Å². The third-order valence-corrected chi connectivity index (χ3v) is 7.60. The Balaban J connectivity index is 0.000000168. The molecule has 0 aliphatic carbocycles. The molecule has 0 atom stereocenters. The van der Waals surface area contributed by atoms with Crippen LogP contribution in [0.3, 0.4) is 0 Å². The van der Waals surface area contributed by atoms with Crippen molar-refractivity contribution in [2.75, 3.05) is 10.6 Å². The Labute approximate surface area is 252 Å². The first-order valence-corrected chi connectivity index (χ1v) is 15.5. The van der Waals surface area contributed by atoms with E-state index in [4.69, 9.17) is 0 Å². The summed E-state index contributed by atoms with van der Waals surface area (Å²) in [7, 11) is 0. The van der Waals surface area contributed by atoms with Crippen molar-refractivity contribution in [3.8, 4) is 22.5 Å². The first-order valence-electron chi connectivity index (χ1n) is 13.7. The Bertz CT molecular complexity index is 1700. The number of aryl methyl sites for hydroxylation is 3. The lowest BCUT2D eigenvalue weighted by Gasteiger charge is -2.02. The van der Waals surface area contributed by atoms with Crippen LogP contribution in [0.2, 0.25) is 0 Å². The number of thiazole rings is 2. The summed E-state index contributed by atoms with van der Waals surface area (Å²) in [6.45, 7) is 8.11. The minimum absolute atomic E-state index is 0.287. The third-order valence-electron chi connectivity index (χ3n) is 6.08. The van der Waals surface area contributed by atoms with Crippen LogP contribution >= 0.6 is 22.7 Å². The van der Waals surface area contributed by atoms with Crippen LogP contribution in [-0.2, 0) is 13.1 Å². The molecular formula is C30H32FN9S2. The summed E-state index contributed by atoms with van der Waals surface area (Å²) in [5.74, 6) is 0.516. The molecule has 0 spiro atoms. The molecule has 0 saturated carbocycles. The molecule has 0 unspecified atom stereocenters. The lowest BCUT2D eigenvalue weighted by molar-refractivity contribution is 0.598. The summed E-state index contributed by atoms with van der Waals surface area (Å²) in [6, 6.07) is 12.3. The van der Waals surface area contributed by atoms with Crippen LogP contribution in [0.4, 0.5) is 26.2 Å². The summed E-state index contributed by atoms with van der Waals surface area (Å²) in [6.07, 6.45) is 9.72. The van der Waals surface area contributed by atoms with E-state index in [2.05, 4.69) is 55.8 Å². The number of aromatic nitrogens is 7. The standard InChI is InChI=1S/C15H15FN4S.C15H17N5S/c1-2-7-20-9-11(8-17-20)14-10-21-15(19-14)18-13-6-4-3-5-12(13)16;1-3-8-20-9-12(11(2)19-20)13-10-21-15(17-13)18-14-6-4-5-7-16-14/h3-6,8-10H,2,7H2,1H3,(H,18,19);4-7,9-10H,3,8H2,1-2H3,(H,16,17,18). The molecule has 6 aromatic rings. The minimum atomic E-state index is -0.287. The number of para-hydroxylation sites is 1. The quantitative estimate of drug-likeness (QED) is 0.163. The molecule has 0 saturated heterocycles. The highest BCUT2D eigenvalue weighted by molar-refractivity contribution is 7.14. The number of rotatable bonds is 10. The average molecular weight is 602 g/mol. The fourth-order valence-electron chi connectivity index (χ4n) is 4.10. The highest BCUT2D eigenvalue weighted by atomic mass is 32.1. The monoisotopic (exact) mass is 601 g/mol. The maximum atomic E-state index is 13.6. The number of hydrogen-bond acceptors (Lipinski definition) is 9. The molecule has 42 heavy (non-hydrogen) atoms. The third kappa shape index (κ3) is 7.45. The smallest absolute Gasteiger partial charge is 0.188 e. The minimum Gasteiger partial charge on any atom is -0.329 e. The molecule has 12 heteroatoms. The van der Waals surface area contributed by atoms with Crippen LogP contribution in [0.1, 0.15) is 32.4 Å². The van der Waals surface area contributed by atoms with Crippen molar-refractivity contribution in [3.05, 3.63) is 89.5 Å². The van der Waals surface area contributed by atoms with Gasteiger partial charge in [-0.15, -0.1) is 22.7 Å². The molecule has 9 nitrogen and oxygen atoms in total. The SMILES string of the molecule is CCCn1cc(-c2csc(Nc3ccccc3F)n2)cn1.CCCn1cc(-c2csc(Nc3ccccn3)n2)c(C)n1. The van der Waals surface area contributed by atoms with E-state index in [-0.39, 0.29) is 5.82 Å². The molecule has 0 aliphatic rings. The number of pyridine rings is 1. The lowest BCUT2D eigenvalue weighted by atomic mass is 10.2. The van der Waals surface area contributed by atoms with Gasteiger partial charge in [0.1, 0.15) is 11.6 Å². The van der Waals surface area contributed by atoms with Crippen LogP contribution in [0, 0.1) is 12.7 Å². The predicted molar refractivity (Wildman–Crippen MR) is 169 cm³/mol. The maximum Gasteiger partial charge on any atom is 0.188 e. The molecule has 6 rings (SSSR count). The van der Waals surface area contributed by atoms with E-state index >= 15 is 0 Å². The van der Waals surface area contributed by atoms with Crippen LogP contribution in [0.15, 0.2) is 78.0 Å². The second kappa shape index (κ2) is 14.0. The summed E-state index contributed by atoms with van der Waals surface area (Å²) in [5.41, 5.74) is 5.31. The zero-order valence-corrected chi connectivity index (χ0v) is 25.3. The van der Waals surface area contributed by atoms with E-state index in [1.165, 1.54) is 17.4 Å². The molecule has 0 radical (unpaired) electrons. The van der Waals surface area contributed by atoms with Crippen molar-refractivity contribution in [1.29, 1.82) is 0 Å². The first kappa shape index (κ1) is 29.1. The summed E-state index contributed by atoms with van der Waals surface area (Å²) < 4.78 is 17.5. The van der Waals surface area contributed by atoms with Crippen molar-refractivity contribution in [2.24, 2.45) is 0 Å². The van der Waals surface area contributed by atoms with Crippen molar-refractivity contribution in [2.45, 2.75) is 46.7 Å². The Hall–Kier alpha value is -4.42. The second-order valence-electron chi connectivity index (χ2n) is 9.40. The van der Waals surface area contributed by atoms with Gasteiger partial charge in [0.15, 0.2) is 10.3 Å². The average Bonchev–Trinajstić information content (AvgIpc) is 3.80. The van der Waals surface area contributed by atoms with Crippen LogP contribution in [-0.4, -0.2) is 34.5 Å². The Morgan fingerprint density at radius 3 is 2.31 bits per heavy atom. The van der Waals surface area contributed by atoms with Gasteiger partial charge in [0, 0.05) is 53.6 Å². The highest BCUT2D eigenvalue weighted by Gasteiger charge is 2.12. The molecule has 0 amide bonds. The van der Waals surface area contributed by atoms with Gasteiger partial charge in [0.25, 0.3) is 0 Å². The van der Waals surface area contributed by atoms with E-state index in [0.29, 0.717) is 10.8 Å². The zero-order valence-electron chi connectivity index (χ0n) is 23.7. The van der Waals surface area contributed by atoms with Crippen molar-refractivity contribution in [3.63, 3.8) is 0 Å². The van der Waals surface area contributed by atoms with Gasteiger partial charge in [-0.25, -0.2) is 19.3 Å². The Morgan fingerprint density at radius 1 is 0.833 bits per heavy atom. The number of nitrogens with zero attached hydrogens (tertiary/aromatic N) is 7. The van der Waals surface area contributed by atoms with E-state index in [9.17, 15) is 4.39 Å². The number of nitrogens with one attached hydrogen (secondary N) is 2. The molecule has 2 N–H and O–H groups in total. The largest absolute Gasteiger partial charge is 0.329 e. The van der Waals surface area contributed by atoms with Crippen LogP contribution in [0.25, 0.3) is 22.5 Å². The van der Waals surface area contributed by atoms with Crippen molar-refractivity contribution in [1.82, 2.24) is 34.5 Å². The molecule has 0 aliphatic heterocycles. The lowest BCUT2D eigenvalue weighted by Crippen LogP contribution is -1.96. The van der Waals surface area contributed by atoms with Gasteiger partial charge in [-0.3, -0.25) is 9.36 Å². The molecule has 0 bridgehead atoms. The number of anilines is 4. The number of hydrogen-bond donors (Lipinski definition) is 2. The molecule has 1 aromatic carbocycles. The predicted octanol–water partition coefficient (Wildman–Crippen LogP) is 8.16. The molecule has 0 fully saturated rings. The number of benzene rings is 1. The van der Waals surface area contributed by atoms with Gasteiger partial charge in [0.05, 0.1) is 29.0 Å². The van der Waals surface area contributed by atoms with E-state index in [1.54, 1.807) is 41.9 Å². The van der Waals surface area contributed by atoms with Gasteiger partial charge in [-0.05, 0) is 44.0 Å². The summed E-state index contributed by atoms with van der Waals surface area (Å²) >= 11 is 3.02. The fourth-order valence-corrected chi connectivity index (χ4v) is 5.55. The molecule has 5 heterocycles. The Kier molecular flexibility index (Phi) is 9.67. The normalized spacial score (nSPS) is 10.8. The van der Waals surface area contributed by atoms with Gasteiger partial charge in [-0.2, -0.15) is 10.2 Å². The van der Waals surface area contributed by atoms with E-state index in [1.807, 2.05) is 51.4 Å². The van der Waals surface area contributed by atoms with Crippen molar-refractivity contribution >= 4 is 44.4 Å². The summed E-state index contributed by atoms with van der Waals surface area (Å²) in [5, 5.41) is 20.5. The second-order valence-corrected chi connectivity index (χ2v) is 11.1. The fraction of sp³-hybridized carbons (Fsp3) is 0.233. The maximum absolute atomic E-state index is 13.6. The van der Waals surface area contributed by atoms with E-state index in [0.717, 1.165) is 65.1 Å². The molecule has 216 valence electrons. The Morgan fingerprint density at radius 2 is 1.55 bits per heavy atom. The first-order chi connectivity index (χ1) is 20.5. The van der Waals surface area contributed by atoms with E-state index < -0.39 is 0 Å². The van der Waals surface area contributed by atoms with Gasteiger partial charge in [0.2, 0.25) is 0 Å². The van der Waals surface area contributed by atoms with Crippen LogP contribution < -0.4 is 10.6 Å². The summed E-state index contributed by atoms with van der Waals surface area (Å²) in [4.78, 5) is 13.3. The number of halogens is 1. The highest BCUT2D eigenvalue weighted by Crippen LogP contribution is 2.29. The van der Waals surface area contributed by atoms with Gasteiger partial charge < -0.3 is 10.6 Å². The van der Waals surface area contributed by atoms with Gasteiger partial charge in [-0.1, -0.05) is 32.0 Å². The van der Waals surface area contributed by atoms with Crippen molar-refractivity contribution < 1.29 is 4.39 Å². The molecule has 5 aromatic heterocycles. The van der Waals surface area contributed by atoms with Crippen LogP contribution in [0.5, 0.6) is 0 Å². The van der Waals surface area contributed by atoms with Gasteiger partial charge >= 0.3 is 0 Å². The zero-order chi connectivity index (χ0) is 29.3.